The van der Waals surface area contributed by atoms with Crippen LogP contribution < -0.4 is 0 Å². The molecular weight excluding hydrogens is 396 g/mol. The summed E-state index contributed by atoms with van der Waals surface area (Å²) in [5, 5.41) is 0. The minimum atomic E-state index is -3.86. The molecule has 0 saturated carbocycles. The van der Waals surface area contributed by atoms with Crippen LogP contribution in [0.25, 0.3) is 0 Å². The molecule has 28 heavy (non-hydrogen) atoms. The molecule has 0 heterocycles. The Labute approximate surface area is 164 Å². The fourth-order valence-electron chi connectivity index (χ4n) is 2.64. The van der Waals surface area contributed by atoms with Crippen molar-refractivity contribution in [3.8, 4) is 0 Å². The molecule has 6 nitrogen and oxygen atoms in total. The van der Waals surface area contributed by atoms with Crippen molar-refractivity contribution in [3.63, 3.8) is 0 Å². The van der Waals surface area contributed by atoms with Crippen molar-refractivity contribution in [2.75, 3.05) is 0 Å². The standard InChI is InChI=1S/C20H18N2O4S2/c1-15-7-3-5-9-19(15)27(23,24)21-17-11-13-18(14-12-17)22-28(25,26)20-10-6-4-8-16(20)2/h3-14H,1-2H3. The quantitative estimate of drug-likeness (QED) is 0.717. The molecule has 0 spiro atoms. The molecule has 2 aromatic rings. The first-order valence-electron chi connectivity index (χ1n) is 8.36. The molecule has 0 saturated heterocycles. The highest BCUT2D eigenvalue weighted by atomic mass is 32.2. The van der Waals surface area contributed by atoms with Crippen LogP contribution in [0.5, 0.6) is 0 Å². The minimum absolute atomic E-state index is 0.130. The lowest BCUT2D eigenvalue weighted by Crippen LogP contribution is -2.08. The van der Waals surface area contributed by atoms with Gasteiger partial charge in [-0.2, -0.15) is 25.6 Å². The maximum Gasteiger partial charge on any atom is 0.283 e. The molecular formula is C20H18N2O4S2. The van der Waals surface area contributed by atoms with Gasteiger partial charge in [0.25, 0.3) is 20.0 Å². The van der Waals surface area contributed by atoms with Gasteiger partial charge in [0.05, 0.1) is 21.2 Å². The van der Waals surface area contributed by atoms with E-state index in [-0.39, 0.29) is 21.2 Å². The zero-order valence-corrected chi connectivity index (χ0v) is 16.9. The summed E-state index contributed by atoms with van der Waals surface area (Å²) in [5.41, 5.74) is 1.58. The highest BCUT2D eigenvalue weighted by molar-refractivity contribution is 7.90. The molecule has 1 aliphatic carbocycles. The van der Waals surface area contributed by atoms with Crippen LogP contribution in [-0.2, 0) is 20.0 Å². The molecule has 0 amide bonds. The SMILES string of the molecule is Cc1ccccc1S(=O)(=O)N=C1C=CC(=NS(=O)(=O)c2ccccc2C)C=C1. The topological polar surface area (TPSA) is 93.0 Å². The lowest BCUT2D eigenvalue weighted by Gasteiger charge is -2.06. The van der Waals surface area contributed by atoms with E-state index in [9.17, 15) is 16.8 Å². The van der Waals surface area contributed by atoms with E-state index in [0.717, 1.165) is 0 Å². The second kappa shape index (κ2) is 7.65. The Bertz CT molecular complexity index is 1140. The Balaban J connectivity index is 1.88. The summed E-state index contributed by atoms with van der Waals surface area (Å²) in [7, 11) is -7.73. The average molecular weight is 415 g/mol. The lowest BCUT2D eigenvalue weighted by molar-refractivity contribution is 0.595. The van der Waals surface area contributed by atoms with Crippen molar-refractivity contribution in [1.29, 1.82) is 0 Å². The third-order valence-corrected chi connectivity index (χ3v) is 6.97. The van der Waals surface area contributed by atoms with Crippen molar-refractivity contribution in [3.05, 3.63) is 84.0 Å². The van der Waals surface area contributed by atoms with E-state index in [2.05, 4.69) is 8.80 Å². The number of aryl methyl sites for hydroxylation is 2. The van der Waals surface area contributed by atoms with Gasteiger partial charge >= 0.3 is 0 Å². The molecule has 0 N–H and O–H groups in total. The molecule has 0 fully saturated rings. The van der Waals surface area contributed by atoms with Crippen LogP contribution in [0.3, 0.4) is 0 Å². The molecule has 8 heteroatoms. The van der Waals surface area contributed by atoms with Crippen molar-refractivity contribution >= 4 is 31.5 Å². The van der Waals surface area contributed by atoms with E-state index in [1.54, 1.807) is 50.2 Å². The first-order chi connectivity index (χ1) is 13.2. The van der Waals surface area contributed by atoms with Crippen molar-refractivity contribution in [1.82, 2.24) is 0 Å². The summed E-state index contributed by atoms with van der Waals surface area (Å²) in [6, 6.07) is 13.1. The van der Waals surface area contributed by atoms with Crippen LogP contribution in [0.2, 0.25) is 0 Å². The van der Waals surface area contributed by atoms with Gasteiger partial charge in [-0.3, -0.25) is 0 Å². The van der Waals surface area contributed by atoms with Crippen LogP contribution in [0.4, 0.5) is 0 Å². The predicted octanol–water partition coefficient (Wildman–Crippen LogP) is 3.39. The van der Waals surface area contributed by atoms with Crippen molar-refractivity contribution in [2.45, 2.75) is 23.6 Å². The Hall–Kier alpha value is -2.84. The fourth-order valence-corrected chi connectivity index (χ4v) is 5.09. The smallest absolute Gasteiger partial charge is 0.199 e. The molecule has 144 valence electrons. The van der Waals surface area contributed by atoms with Crippen LogP contribution in [0.15, 0.2) is 91.4 Å². The van der Waals surface area contributed by atoms with Gasteiger partial charge in [-0.05, 0) is 61.4 Å². The van der Waals surface area contributed by atoms with Crippen LogP contribution in [0, 0.1) is 13.8 Å². The third-order valence-electron chi connectivity index (χ3n) is 4.04. The average Bonchev–Trinajstić information content (AvgIpc) is 2.63. The number of nitrogens with zero attached hydrogens (tertiary/aromatic N) is 2. The van der Waals surface area contributed by atoms with E-state index in [0.29, 0.717) is 11.1 Å². The van der Waals surface area contributed by atoms with Gasteiger partial charge in [-0.25, -0.2) is 0 Å². The fraction of sp³-hybridized carbons (Fsp3) is 0.100. The molecule has 0 unspecified atom stereocenters. The summed E-state index contributed by atoms with van der Waals surface area (Å²) in [6.07, 6.45) is 5.67. The highest BCUT2D eigenvalue weighted by Crippen LogP contribution is 2.19. The first-order valence-corrected chi connectivity index (χ1v) is 11.2. The molecule has 1 aliphatic rings. The van der Waals surface area contributed by atoms with E-state index < -0.39 is 20.0 Å². The number of benzene rings is 2. The highest BCUT2D eigenvalue weighted by Gasteiger charge is 2.18. The Kier molecular flexibility index (Phi) is 5.44. The van der Waals surface area contributed by atoms with Gasteiger partial charge < -0.3 is 0 Å². The minimum Gasteiger partial charge on any atom is -0.199 e. The number of allylic oxidation sites excluding steroid dienone is 4. The number of rotatable bonds is 4. The monoisotopic (exact) mass is 414 g/mol. The van der Waals surface area contributed by atoms with Gasteiger partial charge in [-0.1, -0.05) is 36.4 Å². The van der Waals surface area contributed by atoms with Crippen LogP contribution >= 0.6 is 0 Å². The predicted molar refractivity (Wildman–Crippen MR) is 110 cm³/mol. The zero-order valence-electron chi connectivity index (χ0n) is 15.3. The molecule has 0 bridgehead atoms. The van der Waals surface area contributed by atoms with E-state index >= 15 is 0 Å². The first kappa shape index (κ1) is 19.9. The molecule has 2 aromatic carbocycles. The van der Waals surface area contributed by atoms with Crippen LogP contribution in [0.1, 0.15) is 11.1 Å². The summed E-state index contributed by atoms with van der Waals surface area (Å²) in [6.45, 7) is 3.39. The Morgan fingerprint density at radius 1 is 0.571 bits per heavy atom. The second-order valence-corrected chi connectivity index (χ2v) is 9.33. The van der Waals surface area contributed by atoms with Crippen LogP contribution in [-0.4, -0.2) is 28.3 Å². The summed E-state index contributed by atoms with van der Waals surface area (Å²) >= 11 is 0. The second-order valence-electron chi connectivity index (χ2n) is 6.18. The maximum atomic E-state index is 12.5. The van der Waals surface area contributed by atoms with Crippen molar-refractivity contribution in [2.24, 2.45) is 8.80 Å². The molecule has 0 aliphatic heterocycles. The van der Waals surface area contributed by atoms with Crippen molar-refractivity contribution < 1.29 is 16.8 Å². The molecule has 0 atom stereocenters. The van der Waals surface area contributed by atoms with E-state index in [1.165, 1.54) is 36.4 Å². The normalized spacial score (nSPS) is 14.2. The number of hydrogen-bond acceptors (Lipinski definition) is 4. The largest absolute Gasteiger partial charge is 0.283 e. The summed E-state index contributed by atoms with van der Waals surface area (Å²) < 4.78 is 57.5. The molecule has 3 rings (SSSR count). The van der Waals surface area contributed by atoms with Gasteiger partial charge in [0.1, 0.15) is 0 Å². The lowest BCUT2D eigenvalue weighted by atomic mass is 10.1. The zero-order chi connectivity index (χ0) is 20.4. The van der Waals surface area contributed by atoms with Gasteiger partial charge in [0.2, 0.25) is 0 Å². The van der Waals surface area contributed by atoms with E-state index in [1.807, 2.05) is 0 Å². The third kappa shape index (κ3) is 4.35. The number of hydrogen-bond donors (Lipinski definition) is 0. The summed E-state index contributed by atoms with van der Waals surface area (Å²) in [4.78, 5) is 0.261. The molecule has 0 radical (unpaired) electrons. The van der Waals surface area contributed by atoms with E-state index in [4.69, 9.17) is 0 Å². The van der Waals surface area contributed by atoms with Gasteiger partial charge in [0, 0.05) is 0 Å². The summed E-state index contributed by atoms with van der Waals surface area (Å²) in [5.74, 6) is 0. The maximum absolute atomic E-state index is 12.5. The van der Waals surface area contributed by atoms with Gasteiger partial charge in [-0.15, -0.1) is 0 Å². The Morgan fingerprint density at radius 2 is 0.893 bits per heavy atom. The Morgan fingerprint density at radius 3 is 1.21 bits per heavy atom. The van der Waals surface area contributed by atoms with Gasteiger partial charge in [0.15, 0.2) is 0 Å². The molecule has 0 aromatic heterocycles. The number of sulfonamides is 2.